The van der Waals surface area contributed by atoms with Gasteiger partial charge in [0.25, 0.3) is 5.56 Å². The smallest absolute Gasteiger partial charge is 0.266 e. The molecule has 1 N–H and O–H groups in total. The van der Waals surface area contributed by atoms with E-state index in [9.17, 15) is 9.90 Å². The van der Waals surface area contributed by atoms with Crippen LogP contribution >= 0.6 is 11.3 Å². The van der Waals surface area contributed by atoms with Gasteiger partial charge >= 0.3 is 0 Å². The molecule has 0 spiro atoms. The molecule has 0 aliphatic heterocycles. The van der Waals surface area contributed by atoms with Crippen LogP contribution in [0.15, 0.2) is 59.4 Å². The van der Waals surface area contributed by atoms with Crippen molar-refractivity contribution in [2.24, 2.45) is 0 Å². The van der Waals surface area contributed by atoms with E-state index in [1.165, 1.54) is 15.6 Å². The molecule has 124 valence electrons. The van der Waals surface area contributed by atoms with Gasteiger partial charge in [-0.3, -0.25) is 4.79 Å². The van der Waals surface area contributed by atoms with Crippen LogP contribution in [0.1, 0.15) is 4.88 Å². The highest BCUT2D eigenvalue weighted by molar-refractivity contribution is 7.15. The van der Waals surface area contributed by atoms with Crippen molar-refractivity contribution in [3.8, 4) is 16.3 Å². The van der Waals surface area contributed by atoms with Crippen molar-refractivity contribution in [3.63, 3.8) is 0 Å². The number of aliphatic hydroxyl groups excluding tert-OH is 1. The van der Waals surface area contributed by atoms with Crippen molar-refractivity contribution in [1.82, 2.24) is 9.78 Å². The van der Waals surface area contributed by atoms with Gasteiger partial charge in [-0.2, -0.15) is 5.10 Å². The van der Waals surface area contributed by atoms with E-state index < -0.39 is 6.10 Å². The van der Waals surface area contributed by atoms with Crippen LogP contribution < -0.4 is 10.3 Å². The molecule has 0 saturated heterocycles. The highest BCUT2D eigenvalue weighted by atomic mass is 32.1. The molecule has 5 nitrogen and oxygen atoms in total. The first kappa shape index (κ1) is 16.4. The lowest BCUT2D eigenvalue weighted by atomic mass is 10.3. The summed E-state index contributed by atoms with van der Waals surface area (Å²) in [5.41, 5.74) is 0.481. The maximum atomic E-state index is 12.0. The lowest BCUT2D eigenvalue weighted by molar-refractivity contribution is 0.0880. The van der Waals surface area contributed by atoms with Crippen LogP contribution in [-0.2, 0) is 6.54 Å². The van der Waals surface area contributed by atoms with E-state index in [0.29, 0.717) is 5.75 Å². The van der Waals surface area contributed by atoms with Crippen molar-refractivity contribution >= 4 is 11.3 Å². The standard InChI is InChI=1S/C18H18N2O3S/c1-13-7-9-17(24-13)16-8-10-18(22)20(19-16)11-14(21)12-23-15-5-3-2-4-6-15/h2-10,14,21H,11-12H2,1H3. The average molecular weight is 342 g/mol. The zero-order valence-corrected chi connectivity index (χ0v) is 14.1. The highest BCUT2D eigenvalue weighted by Crippen LogP contribution is 2.25. The molecule has 0 amide bonds. The van der Waals surface area contributed by atoms with Gasteiger partial charge in [0, 0.05) is 10.9 Å². The van der Waals surface area contributed by atoms with Crippen molar-refractivity contribution in [2.75, 3.05) is 6.61 Å². The van der Waals surface area contributed by atoms with E-state index in [0.717, 1.165) is 10.6 Å². The lowest BCUT2D eigenvalue weighted by Crippen LogP contribution is -2.31. The van der Waals surface area contributed by atoms with Crippen molar-refractivity contribution in [2.45, 2.75) is 19.6 Å². The van der Waals surface area contributed by atoms with Crippen LogP contribution in [0, 0.1) is 6.92 Å². The third-order valence-corrected chi connectivity index (χ3v) is 4.45. The Labute approximate surface area is 143 Å². The number of nitrogens with zero attached hydrogens (tertiary/aromatic N) is 2. The molecule has 0 aliphatic rings. The maximum absolute atomic E-state index is 12.0. The third-order valence-electron chi connectivity index (χ3n) is 3.43. The van der Waals surface area contributed by atoms with Crippen LogP contribution in [0.25, 0.3) is 10.6 Å². The van der Waals surface area contributed by atoms with Gasteiger partial charge in [-0.15, -0.1) is 11.3 Å². The van der Waals surface area contributed by atoms with Gasteiger partial charge in [-0.25, -0.2) is 4.68 Å². The first-order valence-corrected chi connectivity index (χ1v) is 8.44. The second-order valence-corrected chi connectivity index (χ2v) is 6.71. The summed E-state index contributed by atoms with van der Waals surface area (Å²) in [4.78, 5) is 14.1. The van der Waals surface area contributed by atoms with Crippen LogP contribution in [-0.4, -0.2) is 27.6 Å². The van der Waals surface area contributed by atoms with Crippen molar-refractivity contribution in [3.05, 3.63) is 69.8 Å². The minimum Gasteiger partial charge on any atom is -0.491 e. The quantitative estimate of drug-likeness (QED) is 0.748. The second kappa shape index (κ2) is 7.42. The normalized spacial score (nSPS) is 12.1. The number of hydrogen-bond donors (Lipinski definition) is 1. The van der Waals surface area contributed by atoms with E-state index in [1.54, 1.807) is 17.4 Å². The van der Waals surface area contributed by atoms with Crippen molar-refractivity contribution < 1.29 is 9.84 Å². The second-order valence-electron chi connectivity index (χ2n) is 5.43. The molecule has 6 heteroatoms. The molecule has 2 aromatic heterocycles. The predicted molar refractivity (Wildman–Crippen MR) is 94.5 cm³/mol. The number of thiophene rings is 1. The zero-order chi connectivity index (χ0) is 16.9. The number of hydrogen-bond acceptors (Lipinski definition) is 5. The molecule has 1 unspecified atom stereocenters. The van der Waals surface area contributed by atoms with E-state index in [1.807, 2.05) is 49.4 Å². The Hall–Kier alpha value is -2.44. The number of aliphatic hydroxyl groups is 1. The summed E-state index contributed by atoms with van der Waals surface area (Å²) in [5.74, 6) is 0.680. The average Bonchev–Trinajstić information content (AvgIpc) is 3.02. The molecule has 1 atom stereocenters. The van der Waals surface area contributed by atoms with E-state index in [-0.39, 0.29) is 18.7 Å². The van der Waals surface area contributed by atoms with Crippen molar-refractivity contribution in [1.29, 1.82) is 0 Å². The summed E-state index contributed by atoms with van der Waals surface area (Å²) in [6.07, 6.45) is -0.823. The van der Waals surface area contributed by atoms with E-state index in [2.05, 4.69) is 5.10 Å². The van der Waals surface area contributed by atoms with E-state index >= 15 is 0 Å². The molecule has 0 aliphatic carbocycles. The molecule has 0 saturated carbocycles. The Bertz CT molecular complexity index is 858. The largest absolute Gasteiger partial charge is 0.491 e. The molecule has 24 heavy (non-hydrogen) atoms. The summed E-state index contributed by atoms with van der Waals surface area (Å²) < 4.78 is 6.79. The number of benzene rings is 1. The lowest BCUT2D eigenvalue weighted by Gasteiger charge is -2.13. The van der Waals surface area contributed by atoms with E-state index in [4.69, 9.17) is 4.74 Å². The fourth-order valence-electron chi connectivity index (χ4n) is 2.24. The summed E-state index contributed by atoms with van der Waals surface area (Å²) in [7, 11) is 0. The summed E-state index contributed by atoms with van der Waals surface area (Å²) >= 11 is 1.62. The Morgan fingerprint density at radius 2 is 1.96 bits per heavy atom. The molecular weight excluding hydrogens is 324 g/mol. The topological polar surface area (TPSA) is 64.4 Å². The Kier molecular flexibility index (Phi) is 5.08. The fraction of sp³-hybridized carbons (Fsp3) is 0.222. The molecular formula is C18H18N2O3S. The van der Waals surface area contributed by atoms with Gasteiger partial charge in [-0.1, -0.05) is 18.2 Å². The molecule has 2 heterocycles. The summed E-state index contributed by atoms with van der Waals surface area (Å²) in [5, 5.41) is 14.5. The van der Waals surface area contributed by atoms with Crippen LogP contribution in [0.2, 0.25) is 0 Å². The van der Waals surface area contributed by atoms with Crippen LogP contribution in [0.5, 0.6) is 5.75 Å². The number of para-hydroxylation sites is 1. The highest BCUT2D eigenvalue weighted by Gasteiger charge is 2.11. The number of ether oxygens (including phenoxy) is 1. The molecule has 3 aromatic rings. The molecule has 1 aromatic carbocycles. The number of rotatable bonds is 6. The van der Waals surface area contributed by atoms with Gasteiger partial charge < -0.3 is 9.84 Å². The molecule has 0 bridgehead atoms. The first-order chi connectivity index (χ1) is 11.6. The fourth-order valence-corrected chi connectivity index (χ4v) is 3.08. The Balaban J connectivity index is 1.68. The summed E-state index contributed by atoms with van der Waals surface area (Å²) in [6.45, 7) is 2.21. The number of aromatic nitrogens is 2. The van der Waals surface area contributed by atoms with Gasteiger partial charge in [0.1, 0.15) is 24.2 Å². The van der Waals surface area contributed by atoms with Crippen LogP contribution in [0.3, 0.4) is 0 Å². The predicted octanol–water partition coefficient (Wildman–Crippen LogP) is 2.72. The first-order valence-electron chi connectivity index (χ1n) is 7.63. The number of aryl methyl sites for hydroxylation is 1. The minimum atomic E-state index is -0.823. The molecule has 0 radical (unpaired) electrons. The maximum Gasteiger partial charge on any atom is 0.266 e. The molecule has 3 rings (SSSR count). The SMILES string of the molecule is Cc1ccc(-c2ccc(=O)n(CC(O)COc3ccccc3)n2)s1. The molecule has 0 fully saturated rings. The van der Waals surface area contributed by atoms with Gasteiger partial charge in [0.15, 0.2) is 0 Å². The van der Waals surface area contributed by atoms with Gasteiger partial charge in [0.05, 0.1) is 11.4 Å². The van der Waals surface area contributed by atoms with Gasteiger partial charge in [-0.05, 0) is 37.3 Å². The van der Waals surface area contributed by atoms with Gasteiger partial charge in [0.2, 0.25) is 0 Å². The van der Waals surface area contributed by atoms with Crippen LogP contribution in [0.4, 0.5) is 0 Å². The monoisotopic (exact) mass is 342 g/mol. The Morgan fingerprint density at radius 1 is 1.17 bits per heavy atom. The summed E-state index contributed by atoms with van der Waals surface area (Å²) in [6, 6.07) is 16.4. The minimum absolute atomic E-state index is 0.0872. The third kappa shape index (κ3) is 4.10. The zero-order valence-electron chi connectivity index (χ0n) is 13.3. The Morgan fingerprint density at radius 3 is 2.67 bits per heavy atom.